The summed E-state index contributed by atoms with van der Waals surface area (Å²) in [6.07, 6.45) is 7.49. The van der Waals surface area contributed by atoms with Crippen molar-refractivity contribution >= 4 is 34.2 Å². The zero-order chi connectivity index (χ0) is 29.9. The van der Waals surface area contributed by atoms with Gasteiger partial charge in [0.1, 0.15) is 17.6 Å². The van der Waals surface area contributed by atoms with Gasteiger partial charge in [-0.1, -0.05) is 49.4 Å². The lowest BCUT2D eigenvalue weighted by Gasteiger charge is -2.37. The second-order valence-corrected chi connectivity index (χ2v) is 11.7. The third-order valence-electron chi connectivity index (χ3n) is 9.40. The van der Waals surface area contributed by atoms with Crippen molar-refractivity contribution in [2.24, 2.45) is 11.8 Å². The van der Waals surface area contributed by atoms with Gasteiger partial charge < -0.3 is 24.4 Å². The Bertz CT molecular complexity index is 1360. The molecule has 3 aliphatic rings. The summed E-state index contributed by atoms with van der Waals surface area (Å²) in [6.45, 7) is 10.4. The number of allylic oxidation sites excluding steroid dienone is 1. The van der Waals surface area contributed by atoms with Crippen molar-refractivity contribution in [2.45, 2.75) is 69.1 Å². The van der Waals surface area contributed by atoms with E-state index >= 15 is 0 Å². The van der Waals surface area contributed by atoms with E-state index in [1.54, 1.807) is 22.0 Å². The molecule has 0 radical (unpaired) electrons. The molecule has 2 unspecified atom stereocenters. The Morgan fingerprint density at radius 1 is 1.12 bits per heavy atom. The van der Waals surface area contributed by atoms with E-state index in [4.69, 9.17) is 9.47 Å². The Kier molecular flexibility index (Phi) is 8.85. The third kappa shape index (κ3) is 4.94. The quantitative estimate of drug-likeness (QED) is 0.198. The molecule has 3 saturated heterocycles. The SMILES string of the molecule is C=CCCCOC(=O)[C@@H]1[C@H]2C(=O)N(CCCCO)C(C(=O)N(CC=C)c3ccc4ccccc4c3)C23CC[C@@]1(CC)O3. The van der Waals surface area contributed by atoms with Crippen LogP contribution >= 0.6 is 0 Å². The summed E-state index contributed by atoms with van der Waals surface area (Å²) < 4.78 is 12.6. The maximum absolute atomic E-state index is 14.7. The van der Waals surface area contributed by atoms with Crippen LogP contribution in [-0.2, 0) is 23.9 Å². The third-order valence-corrected chi connectivity index (χ3v) is 9.40. The molecule has 5 atom stereocenters. The fraction of sp³-hybridized carbons (Fsp3) is 0.500. The number of nitrogens with zero attached hydrogens (tertiary/aromatic N) is 2. The van der Waals surface area contributed by atoms with Crippen molar-refractivity contribution in [1.82, 2.24) is 4.90 Å². The van der Waals surface area contributed by atoms with Crippen LogP contribution in [0.1, 0.15) is 51.9 Å². The van der Waals surface area contributed by atoms with E-state index in [0.29, 0.717) is 44.2 Å². The van der Waals surface area contributed by atoms with Crippen molar-refractivity contribution in [3.8, 4) is 0 Å². The van der Waals surface area contributed by atoms with Gasteiger partial charge >= 0.3 is 5.97 Å². The molecule has 2 bridgehead atoms. The number of benzene rings is 2. The molecular weight excluding hydrogens is 532 g/mol. The van der Waals surface area contributed by atoms with Crippen molar-refractivity contribution < 1.29 is 29.0 Å². The number of likely N-dealkylation sites (tertiary alicyclic amines) is 1. The lowest BCUT2D eigenvalue weighted by Crippen LogP contribution is -2.56. The number of fused-ring (bicyclic) bond motifs is 2. The zero-order valence-electron chi connectivity index (χ0n) is 24.5. The highest BCUT2D eigenvalue weighted by molar-refractivity contribution is 6.05. The highest BCUT2D eigenvalue weighted by atomic mass is 16.6. The van der Waals surface area contributed by atoms with Crippen LogP contribution in [0.25, 0.3) is 10.8 Å². The van der Waals surface area contributed by atoms with Gasteiger partial charge in [0.25, 0.3) is 5.91 Å². The number of carbonyl (C=O) groups is 3. The largest absolute Gasteiger partial charge is 0.465 e. The van der Waals surface area contributed by atoms with Gasteiger partial charge in [-0.05, 0) is 67.9 Å². The number of rotatable bonds is 14. The summed E-state index contributed by atoms with van der Waals surface area (Å²) in [5.41, 5.74) is -1.28. The Hall–Kier alpha value is -3.49. The van der Waals surface area contributed by atoms with Gasteiger partial charge in [0.05, 0.1) is 18.1 Å². The predicted molar refractivity (Wildman–Crippen MR) is 162 cm³/mol. The first-order chi connectivity index (χ1) is 20.4. The number of unbranched alkanes of at least 4 members (excludes halogenated alkanes) is 2. The first-order valence-electron chi connectivity index (χ1n) is 15.2. The van der Waals surface area contributed by atoms with E-state index in [1.807, 2.05) is 49.4 Å². The monoisotopic (exact) mass is 574 g/mol. The molecule has 2 amide bonds. The number of ether oxygens (including phenoxy) is 2. The molecule has 0 saturated carbocycles. The van der Waals surface area contributed by atoms with Crippen molar-refractivity contribution in [1.29, 1.82) is 0 Å². The normalized spacial score (nSPS) is 27.7. The summed E-state index contributed by atoms with van der Waals surface area (Å²) in [4.78, 5) is 45.9. The van der Waals surface area contributed by atoms with Crippen molar-refractivity contribution in [3.63, 3.8) is 0 Å². The summed E-state index contributed by atoms with van der Waals surface area (Å²) >= 11 is 0. The lowest BCUT2D eigenvalue weighted by molar-refractivity contribution is -0.161. The second kappa shape index (κ2) is 12.4. The van der Waals surface area contributed by atoms with E-state index < -0.39 is 35.0 Å². The number of carbonyl (C=O) groups excluding carboxylic acids is 3. The average molecular weight is 575 g/mol. The minimum Gasteiger partial charge on any atom is -0.465 e. The Morgan fingerprint density at radius 2 is 1.90 bits per heavy atom. The molecule has 1 N–H and O–H groups in total. The minimum absolute atomic E-state index is 0.00992. The van der Waals surface area contributed by atoms with Gasteiger partial charge in [-0.2, -0.15) is 0 Å². The first-order valence-corrected chi connectivity index (χ1v) is 15.2. The van der Waals surface area contributed by atoms with E-state index in [1.165, 1.54) is 0 Å². The molecule has 8 nitrogen and oxygen atoms in total. The molecule has 0 aromatic heterocycles. The molecule has 2 aromatic carbocycles. The van der Waals surface area contributed by atoms with Crippen LogP contribution < -0.4 is 4.90 Å². The molecule has 3 fully saturated rings. The van der Waals surface area contributed by atoms with Crippen molar-refractivity contribution in [2.75, 3.05) is 31.2 Å². The van der Waals surface area contributed by atoms with Gasteiger partial charge in [-0.3, -0.25) is 14.4 Å². The Morgan fingerprint density at radius 3 is 2.62 bits per heavy atom. The summed E-state index contributed by atoms with van der Waals surface area (Å²) in [6, 6.07) is 12.9. The smallest absolute Gasteiger partial charge is 0.312 e. The van der Waals surface area contributed by atoms with Gasteiger partial charge in [-0.15, -0.1) is 13.2 Å². The summed E-state index contributed by atoms with van der Waals surface area (Å²) in [5, 5.41) is 11.5. The van der Waals surface area contributed by atoms with Crippen LogP contribution in [0.15, 0.2) is 67.8 Å². The van der Waals surface area contributed by atoms with Crippen LogP contribution in [0.4, 0.5) is 5.69 Å². The summed E-state index contributed by atoms with van der Waals surface area (Å²) in [7, 11) is 0. The fourth-order valence-electron chi connectivity index (χ4n) is 7.42. The molecule has 0 aliphatic carbocycles. The molecule has 2 aromatic rings. The molecule has 1 spiro atoms. The molecule has 3 aliphatic heterocycles. The van der Waals surface area contributed by atoms with Gasteiger partial charge in [0, 0.05) is 25.4 Å². The number of aliphatic hydroxyl groups excluding tert-OH is 1. The maximum atomic E-state index is 14.7. The van der Waals surface area contributed by atoms with Gasteiger partial charge in [0.2, 0.25) is 5.91 Å². The van der Waals surface area contributed by atoms with Crippen LogP contribution in [0, 0.1) is 11.8 Å². The van der Waals surface area contributed by atoms with E-state index in [0.717, 1.165) is 17.2 Å². The van der Waals surface area contributed by atoms with Crippen LogP contribution in [0.5, 0.6) is 0 Å². The molecule has 224 valence electrons. The maximum Gasteiger partial charge on any atom is 0.312 e. The van der Waals surface area contributed by atoms with Crippen LogP contribution in [0.3, 0.4) is 0 Å². The van der Waals surface area contributed by atoms with E-state index in [9.17, 15) is 19.5 Å². The predicted octanol–water partition coefficient (Wildman–Crippen LogP) is 4.80. The topological polar surface area (TPSA) is 96.4 Å². The minimum atomic E-state index is -1.13. The standard InChI is InChI=1S/C34H42N2O6/c1-4-7-12-22-41-32(40)28-27-30(38)36(20-10-11-21-37)29(34(27)18-17-33(28,6-3)42-34)31(39)35(19-5-2)26-16-15-24-13-8-9-14-25(24)23-26/h4-5,8-9,13-16,23,27-29,37H,1-2,6-7,10-12,17-22H2,3H3/t27-,28-,29?,33+,34?/m0/s1. The number of aliphatic hydroxyl groups is 1. The number of hydrogen-bond acceptors (Lipinski definition) is 6. The molecular formula is C34H42N2O6. The second-order valence-electron chi connectivity index (χ2n) is 11.7. The molecule has 5 rings (SSSR count). The van der Waals surface area contributed by atoms with E-state index in [2.05, 4.69) is 13.2 Å². The molecule has 42 heavy (non-hydrogen) atoms. The number of hydrogen-bond donors (Lipinski definition) is 1. The Labute approximate surface area is 248 Å². The first kappa shape index (κ1) is 30.0. The lowest BCUT2D eigenvalue weighted by atomic mass is 9.65. The van der Waals surface area contributed by atoms with Gasteiger partial charge in [-0.25, -0.2) is 0 Å². The summed E-state index contributed by atoms with van der Waals surface area (Å²) in [5.74, 6) is -2.51. The molecule has 3 heterocycles. The number of esters is 1. The van der Waals surface area contributed by atoms with Crippen LogP contribution in [-0.4, -0.2) is 71.3 Å². The fourth-order valence-corrected chi connectivity index (χ4v) is 7.42. The number of amides is 2. The Balaban J connectivity index is 1.54. The van der Waals surface area contributed by atoms with Crippen LogP contribution in [0.2, 0.25) is 0 Å². The highest BCUT2D eigenvalue weighted by Crippen LogP contribution is 2.64. The van der Waals surface area contributed by atoms with Gasteiger partial charge in [0.15, 0.2) is 0 Å². The van der Waals surface area contributed by atoms with E-state index in [-0.39, 0.29) is 38.1 Å². The number of anilines is 1. The molecule has 8 heteroatoms. The average Bonchev–Trinajstić information content (AvgIpc) is 3.61. The van der Waals surface area contributed by atoms with Crippen molar-refractivity contribution in [3.05, 3.63) is 67.8 Å². The highest BCUT2D eigenvalue weighted by Gasteiger charge is 2.79. The zero-order valence-corrected chi connectivity index (χ0v) is 24.5.